The average molecular weight is 297 g/mol. The number of thioether (sulfide) groups is 1. The summed E-state index contributed by atoms with van der Waals surface area (Å²) in [6, 6.07) is 18.0. The maximum atomic E-state index is 3.19. The van der Waals surface area contributed by atoms with Gasteiger partial charge < -0.3 is 5.32 Å². The number of nitrogens with one attached hydrogen (secondary N) is 1. The molecule has 2 heteroatoms. The van der Waals surface area contributed by atoms with Crippen molar-refractivity contribution in [1.29, 1.82) is 0 Å². The molecule has 110 valence electrons. The molecule has 1 N–H and O–H groups in total. The first kappa shape index (κ1) is 14.7. The first-order chi connectivity index (χ1) is 10.4. The Labute approximate surface area is 132 Å². The van der Waals surface area contributed by atoms with E-state index in [0.29, 0.717) is 0 Å². The van der Waals surface area contributed by atoms with E-state index in [1.54, 1.807) is 11.1 Å². The predicted molar refractivity (Wildman–Crippen MR) is 92.1 cm³/mol. The molecule has 0 amide bonds. The molecule has 0 heterocycles. The predicted octanol–water partition coefficient (Wildman–Crippen LogP) is 4.62. The van der Waals surface area contributed by atoms with Crippen LogP contribution in [-0.4, -0.2) is 12.8 Å². The Balaban J connectivity index is 1.63. The summed E-state index contributed by atoms with van der Waals surface area (Å²) < 4.78 is 0. The molecular weight excluding hydrogens is 274 g/mol. The number of rotatable bonds is 5. The minimum Gasteiger partial charge on any atom is -0.316 e. The van der Waals surface area contributed by atoms with Gasteiger partial charge in [0, 0.05) is 17.2 Å². The third kappa shape index (κ3) is 3.69. The van der Waals surface area contributed by atoms with Gasteiger partial charge in [-0.15, -0.1) is 11.8 Å². The lowest BCUT2D eigenvalue weighted by Crippen LogP contribution is -2.11. The first-order valence-corrected chi connectivity index (χ1v) is 8.79. The van der Waals surface area contributed by atoms with Crippen LogP contribution in [0, 0.1) is 0 Å². The fraction of sp³-hybridized carbons (Fsp3) is 0.368. The molecule has 21 heavy (non-hydrogen) atoms. The second-order valence-electron chi connectivity index (χ2n) is 5.77. The summed E-state index contributed by atoms with van der Waals surface area (Å²) in [4.78, 5) is 1.39. The number of hydrogen-bond acceptors (Lipinski definition) is 2. The average Bonchev–Trinajstić information content (AvgIpc) is 2.54. The summed E-state index contributed by atoms with van der Waals surface area (Å²) >= 11 is 2.00. The van der Waals surface area contributed by atoms with Crippen LogP contribution in [0.1, 0.15) is 35.4 Å². The van der Waals surface area contributed by atoms with Crippen molar-refractivity contribution < 1.29 is 0 Å². The minimum absolute atomic E-state index is 0.719. The Kier molecular flexibility index (Phi) is 5.00. The Bertz CT molecular complexity index is 576. The second-order valence-corrected chi connectivity index (χ2v) is 6.87. The molecule has 1 aliphatic carbocycles. The van der Waals surface area contributed by atoms with Gasteiger partial charge in [0.05, 0.1) is 0 Å². The van der Waals surface area contributed by atoms with E-state index in [4.69, 9.17) is 0 Å². The molecule has 0 aliphatic heterocycles. The monoisotopic (exact) mass is 297 g/mol. The van der Waals surface area contributed by atoms with Gasteiger partial charge in [-0.1, -0.05) is 36.4 Å². The summed E-state index contributed by atoms with van der Waals surface area (Å²) in [5.41, 5.74) is 4.51. The highest BCUT2D eigenvalue weighted by Gasteiger charge is 2.19. The van der Waals surface area contributed by atoms with Gasteiger partial charge in [-0.25, -0.2) is 0 Å². The van der Waals surface area contributed by atoms with Crippen LogP contribution in [0.5, 0.6) is 0 Å². The van der Waals surface area contributed by atoms with Crippen LogP contribution < -0.4 is 5.32 Å². The number of hydrogen-bond donors (Lipinski definition) is 1. The number of aryl methyl sites for hydroxylation is 1. The van der Waals surface area contributed by atoms with Crippen molar-refractivity contribution in [2.45, 2.75) is 36.6 Å². The highest BCUT2D eigenvalue weighted by Crippen LogP contribution is 2.35. The smallest absolute Gasteiger partial charge is 0.0202 e. The summed E-state index contributed by atoms with van der Waals surface area (Å²) in [5, 5.41) is 3.19. The molecule has 0 aromatic heterocycles. The van der Waals surface area contributed by atoms with Crippen molar-refractivity contribution >= 4 is 11.8 Å². The molecule has 0 saturated carbocycles. The maximum absolute atomic E-state index is 3.19. The summed E-state index contributed by atoms with van der Waals surface area (Å²) in [5.74, 6) is 1.92. The SMILES string of the molecule is CNCc1ccc(SCC2CCCc3ccccc32)cc1. The van der Waals surface area contributed by atoms with Crippen LogP contribution in [0.2, 0.25) is 0 Å². The largest absolute Gasteiger partial charge is 0.316 e. The highest BCUT2D eigenvalue weighted by atomic mass is 32.2. The van der Waals surface area contributed by atoms with Crippen LogP contribution in [0.15, 0.2) is 53.4 Å². The van der Waals surface area contributed by atoms with Gasteiger partial charge in [0.1, 0.15) is 0 Å². The van der Waals surface area contributed by atoms with E-state index in [2.05, 4.69) is 53.8 Å². The lowest BCUT2D eigenvalue weighted by Gasteiger charge is -2.25. The van der Waals surface area contributed by atoms with E-state index >= 15 is 0 Å². The zero-order valence-electron chi connectivity index (χ0n) is 12.6. The second kappa shape index (κ2) is 7.15. The van der Waals surface area contributed by atoms with Crippen molar-refractivity contribution in [3.63, 3.8) is 0 Å². The zero-order valence-corrected chi connectivity index (χ0v) is 13.5. The van der Waals surface area contributed by atoms with Crippen LogP contribution >= 0.6 is 11.8 Å². The Morgan fingerprint density at radius 2 is 1.90 bits per heavy atom. The molecule has 2 aromatic carbocycles. The maximum Gasteiger partial charge on any atom is 0.0202 e. The molecule has 1 atom stereocenters. The summed E-state index contributed by atoms with van der Waals surface area (Å²) in [6.07, 6.45) is 3.93. The van der Waals surface area contributed by atoms with Gasteiger partial charge >= 0.3 is 0 Å². The fourth-order valence-corrected chi connectivity index (χ4v) is 4.20. The van der Waals surface area contributed by atoms with Crippen LogP contribution in [-0.2, 0) is 13.0 Å². The number of fused-ring (bicyclic) bond motifs is 1. The molecule has 0 fully saturated rings. The molecule has 0 saturated heterocycles. The Morgan fingerprint density at radius 1 is 1.10 bits per heavy atom. The lowest BCUT2D eigenvalue weighted by atomic mass is 9.84. The molecule has 0 spiro atoms. The van der Waals surface area contributed by atoms with Crippen LogP contribution in [0.25, 0.3) is 0 Å². The van der Waals surface area contributed by atoms with Gasteiger partial charge in [0.25, 0.3) is 0 Å². The highest BCUT2D eigenvalue weighted by molar-refractivity contribution is 7.99. The normalized spacial score (nSPS) is 17.5. The van der Waals surface area contributed by atoms with Crippen molar-refractivity contribution in [2.24, 2.45) is 0 Å². The van der Waals surface area contributed by atoms with E-state index in [9.17, 15) is 0 Å². The Hall–Kier alpha value is -1.25. The van der Waals surface area contributed by atoms with Crippen LogP contribution in [0.4, 0.5) is 0 Å². The van der Waals surface area contributed by atoms with Crippen molar-refractivity contribution in [3.05, 3.63) is 65.2 Å². The van der Waals surface area contributed by atoms with Gasteiger partial charge in [0.15, 0.2) is 0 Å². The van der Waals surface area contributed by atoms with E-state index in [1.165, 1.54) is 35.5 Å². The molecule has 0 bridgehead atoms. The minimum atomic E-state index is 0.719. The molecular formula is C19H23NS. The molecule has 0 radical (unpaired) electrons. The first-order valence-electron chi connectivity index (χ1n) is 7.81. The summed E-state index contributed by atoms with van der Waals surface area (Å²) in [6.45, 7) is 0.945. The van der Waals surface area contributed by atoms with Crippen molar-refractivity contribution in [1.82, 2.24) is 5.32 Å². The molecule has 1 unspecified atom stereocenters. The van der Waals surface area contributed by atoms with Gasteiger partial charge in [-0.05, 0) is 61.1 Å². The third-order valence-electron chi connectivity index (χ3n) is 4.25. The van der Waals surface area contributed by atoms with E-state index in [0.717, 1.165) is 12.5 Å². The van der Waals surface area contributed by atoms with Crippen molar-refractivity contribution in [2.75, 3.05) is 12.8 Å². The van der Waals surface area contributed by atoms with E-state index in [1.807, 2.05) is 18.8 Å². The number of benzene rings is 2. The molecule has 3 rings (SSSR count). The van der Waals surface area contributed by atoms with Crippen molar-refractivity contribution in [3.8, 4) is 0 Å². The topological polar surface area (TPSA) is 12.0 Å². The van der Waals surface area contributed by atoms with Gasteiger partial charge in [-0.2, -0.15) is 0 Å². The third-order valence-corrected chi connectivity index (χ3v) is 5.42. The quantitative estimate of drug-likeness (QED) is 0.808. The van der Waals surface area contributed by atoms with Gasteiger partial charge in [-0.3, -0.25) is 0 Å². The standard InChI is InChI=1S/C19H23NS/c1-20-13-15-9-11-18(12-10-15)21-14-17-7-4-6-16-5-2-3-8-19(16)17/h2-3,5,8-12,17,20H,4,6-7,13-14H2,1H3. The molecule has 2 aromatic rings. The Morgan fingerprint density at radius 3 is 2.71 bits per heavy atom. The van der Waals surface area contributed by atoms with E-state index in [-0.39, 0.29) is 0 Å². The molecule has 1 aliphatic rings. The van der Waals surface area contributed by atoms with Crippen LogP contribution in [0.3, 0.4) is 0 Å². The zero-order chi connectivity index (χ0) is 14.5. The lowest BCUT2D eigenvalue weighted by molar-refractivity contribution is 0.596. The summed E-state index contributed by atoms with van der Waals surface area (Å²) in [7, 11) is 1.99. The molecule has 1 nitrogen and oxygen atoms in total. The fourth-order valence-electron chi connectivity index (χ4n) is 3.13. The van der Waals surface area contributed by atoms with E-state index < -0.39 is 0 Å². The van der Waals surface area contributed by atoms with Gasteiger partial charge in [0.2, 0.25) is 0 Å².